The lowest BCUT2D eigenvalue weighted by atomic mass is 9.97. The number of anilines is 3. The van der Waals surface area contributed by atoms with Crippen molar-refractivity contribution >= 4 is 60.5 Å². The summed E-state index contributed by atoms with van der Waals surface area (Å²) in [6, 6.07) is 80.5. The minimum atomic E-state index is 0.844. The summed E-state index contributed by atoms with van der Waals surface area (Å²) in [7, 11) is 0. The van der Waals surface area contributed by atoms with E-state index < -0.39 is 0 Å². The van der Waals surface area contributed by atoms with E-state index in [-0.39, 0.29) is 0 Å². The summed E-state index contributed by atoms with van der Waals surface area (Å²) in [5.41, 5.74) is 14.0. The third kappa shape index (κ3) is 5.91. The average molecular weight is 740 g/mol. The van der Waals surface area contributed by atoms with Crippen molar-refractivity contribution in [2.45, 2.75) is 0 Å². The van der Waals surface area contributed by atoms with Crippen LogP contribution in [0.25, 0.3) is 88.0 Å². The van der Waals surface area contributed by atoms with Crippen LogP contribution in [-0.2, 0) is 0 Å². The Morgan fingerprint density at radius 3 is 1.48 bits per heavy atom. The van der Waals surface area contributed by atoms with E-state index in [1.165, 1.54) is 38.2 Å². The van der Waals surface area contributed by atoms with E-state index in [2.05, 4.69) is 229 Å². The van der Waals surface area contributed by atoms with Crippen molar-refractivity contribution in [2.75, 3.05) is 4.90 Å². The average Bonchev–Trinajstić information content (AvgIpc) is 3.69. The molecule has 0 N–H and O–H groups in total. The van der Waals surface area contributed by atoms with E-state index in [1.54, 1.807) is 0 Å². The van der Waals surface area contributed by atoms with Crippen LogP contribution in [0.3, 0.4) is 0 Å². The van der Waals surface area contributed by atoms with Crippen LogP contribution in [0.15, 0.2) is 229 Å². The van der Waals surface area contributed by atoms with Gasteiger partial charge in [-0.1, -0.05) is 182 Å². The van der Waals surface area contributed by atoms with Crippen LogP contribution in [0.5, 0.6) is 0 Å². The Hall–Kier alpha value is -7.68. The summed E-state index contributed by atoms with van der Waals surface area (Å²) in [6.07, 6.45) is 0. The zero-order chi connectivity index (χ0) is 38.4. The molecule has 0 unspecified atom stereocenters. The van der Waals surface area contributed by atoms with Crippen LogP contribution in [0, 0.1) is 0 Å². The largest absolute Gasteiger partial charge is 0.453 e. The molecule has 1 heterocycles. The monoisotopic (exact) mass is 739 g/mol. The first-order valence-corrected chi connectivity index (χ1v) is 19.8. The highest BCUT2D eigenvalue weighted by molar-refractivity contribution is 6.15. The van der Waals surface area contributed by atoms with Gasteiger partial charge in [0.1, 0.15) is 5.58 Å². The van der Waals surface area contributed by atoms with Crippen LogP contribution >= 0.6 is 0 Å². The van der Waals surface area contributed by atoms with Crippen LogP contribution in [0.2, 0.25) is 0 Å². The number of benzene rings is 10. The van der Waals surface area contributed by atoms with Crippen LogP contribution in [0.4, 0.5) is 17.1 Å². The first kappa shape index (κ1) is 33.6. The lowest BCUT2D eigenvalue weighted by Gasteiger charge is -2.26. The standard InChI is InChI=1S/C56H37NO/c1-4-13-38(14-5-1)40-25-30-47(31-26-40)57(48-32-27-41(28-33-48)44-29-34-50-45(35-44)24-23-43-19-10-11-20-49(43)50)54-37-46(39-15-6-2-7-16-39)36-53-52-22-12-21-51(55(52)58-56(53)54)42-17-8-3-9-18-42/h1-37H. The maximum atomic E-state index is 7.10. The molecule has 0 aliphatic heterocycles. The van der Waals surface area contributed by atoms with Gasteiger partial charge in [0.2, 0.25) is 0 Å². The molecule has 58 heavy (non-hydrogen) atoms. The van der Waals surface area contributed by atoms with Crippen molar-refractivity contribution in [1.82, 2.24) is 0 Å². The van der Waals surface area contributed by atoms with Gasteiger partial charge in [0, 0.05) is 27.7 Å². The van der Waals surface area contributed by atoms with Gasteiger partial charge in [-0.3, -0.25) is 0 Å². The zero-order valence-electron chi connectivity index (χ0n) is 31.7. The van der Waals surface area contributed by atoms with Crippen molar-refractivity contribution in [2.24, 2.45) is 0 Å². The van der Waals surface area contributed by atoms with E-state index in [0.29, 0.717) is 0 Å². The van der Waals surface area contributed by atoms with E-state index in [1.807, 2.05) is 0 Å². The first-order valence-electron chi connectivity index (χ1n) is 19.8. The Morgan fingerprint density at radius 2 is 0.793 bits per heavy atom. The van der Waals surface area contributed by atoms with Crippen molar-refractivity contribution in [1.29, 1.82) is 0 Å². The highest BCUT2D eigenvalue weighted by Gasteiger charge is 2.23. The first-order chi connectivity index (χ1) is 28.7. The molecule has 272 valence electrons. The van der Waals surface area contributed by atoms with E-state index in [9.17, 15) is 0 Å². The summed E-state index contributed by atoms with van der Waals surface area (Å²) in [6.45, 7) is 0. The molecule has 11 aromatic rings. The molecule has 11 rings (SSSR count). The van der Waals surface area contributed by atoms with Crippen molar-refractivity contribution in [3.8, 4) is 44.5 Å². The molecule has 0 saturated carbocycles. The fourth-order valence-corrected chi connectivity index (χ4v) is 8.55. The maximum absolute atomic E-state index is 7.10. The molecule has 0 radical (unpaired) electrons. The topological polar surface area (TPSA) is 16.4 Å². The number of para-hydroxylation sites is 1. The molecule has 0 bridgehead atoms. The molecular weight excluding hydrogens is 703 g/mol. The molecule has 10 aromatic carbocycles. The van der Waals surface area contributed by atoms with Crippen LogP contribution in [-0.4, -0.2) is 0 Å². The Labute approximate surface area is 337 Å². The SMILES string of the molecule is c1ccc(-c2ccc(N(c3ccc(-c4ccc5c(ccc6ccccc65)c4)cc3)c3cc(-c4ccccc4)cc4c3oc3c(-c5ccccc5)cccc34)cc2)cc1. The lowest BCUT2D eigenvalue weighted by Crippen LogP contribution is -2.10. The Balaban J connectivity index is 1.11. The number of rotatable bonds is 7. The second-order valence-electron chi connectivity index (χ2n) is 14.9. The summed E-state index contributed by atoms with van der Waals surface area (Å²) in [5, 5.41) is 7.22. The second kappa shape index (κ2) is 14.1. The van der Waals surface area contributed by atoms with Gasteiger partial charge in [-0.2, -0.15) is 0 Å². The third-order valence-electron chi connectivity index (χ3n) is 11.4. The Kier molecular flexibility index (Phi) is 8.19. The second-order valence-corrected chi connectivity index (χ2v) is 14.9. The Morgan fingerprint density at radius 1 is 0.276 bits per heavy atom. The van der Waals surface area contributed by atoms with Gasteiger partial charge < -0.3 is 9.32 Å². The van der Waals surface area contributed by atoms with Gasteiger partial charge in [0.15, 0.2) is 5.58 Å². The number of furan rings is 1. The van der Waals surface area contributed by atoms with Crippen molar-refractivity contribution < 1.29 is 4.42 Å². The molecular formula is C56H37NO. The van der Waals surface area contributed by atoms with E-state index >= 15 is 0 Å². The summed E-state index contributed by atoms with van der Waals surface area (Å²) in [4.78, 5) is 2.35. The lowest BCUT2D eigenvalue weighted by molar-refractivity contribution is 0.670. The van der Waals surface area contributed by atoms with Crippen LogP contribution in [0.1, 0.15) is 0 Å². The number of hydrogen-bond acceptors (Lipinski definition) is 2. The predicted molar refractivity (Wildman–Crippen MR) is 245 cm³/mol. The highest BCUT2D eigenvalue weighted by Crippen LogP contribution is 2.47. The molecule has 1 aromatic heterocycles. The molecule has 0 amide bonds. The minimum Gasteiger partial charge on any atom is -0.453 e. The molecule has 2 nitrogen and oxygen atoms in total. The van der Waals surface area contributed by atoms with Gasteiger partial charge in [0.05, 0.1) is 5.69 Å². The van der Waals surface area contributed by atoms with E-state index in [4.69, 9.17) is 4.42 Å². The molecule has 0 aliphatic carbocycles. The van der Waals surface area contributed by atoms with Gasteiger partial charge in [-0.15, -0.1) is 0 Å². The van der Waals surface area contributed by atoms with E-state index in [0.717, 1.165) is 66.8 Å². The smallest absolute Gasteiger partial charge is 0.159 e. The number of hydrogen-bond donors (Lipinski definition) is 0. The summed E-state index contributed by atoms with van der Waals surface area (Å²) >= 11 is 0. The van der Waals surface area contributed by atoms with Gasteiger partial charge in [0.25, 0.3) is 0 Å². The van der Waals surface area contributed by atoms with Gasteiger partial charge in [-0.25, -0.2) is 0 Å². The summed E-state index contributed by atoms with van der Waals surface area (Å²) < 4.78 is 7.10. The normalized spacial score (nSPS) is 11.4. The third-order valence-corrected chi connectivity index (χ3v) is 11.4. The summed E-state index contributed by atoms with van der Waals surface area (Å²) in [5.74, 6) is 0. The molecule has 0 fully saturated rings. The van der Waals surface area contributed by atoms with Crippen LogP contribution < -0.4 is 4.90 Å². The predicted octanol–water partition coefficient (Wildman–Crippen LogP) is 16.0. The fourth-order valence-electron chi connectivity index (χ4n) is 8.55. The number of nitrogens with zero attached hydrogens (tertiary/aromatic N) is 1. The Bertz CT molecular complexity index is 3240. The molecule has 0 aliphatic rings. The maximum Gasteiger partial charge on any atom is 0.159 e. The fraction of sp³-hybridized carbons (Fsp3) is 0. The minimum absolute atomic E-state index is 0.844. The van der Waals surface area contributed by atoms with Crippen molar-refractivity contribution in [3.05, 3.63) is 224 Å². The molecule has 2 heteroatoms. The quantitative estimate of drug-likeness (QED) is 0.151. The number of fused-ring (bicyclic) bond motifs is 6. The zero-order valence-corrected chi connectivity index (χ0v) is 31.7. The molecule has 0 atom stereocenters. The van der Waals surface area contributed by atoms with Gasteiger partial charge >= 0.3 is 0 Å². The molecule has 0 saturated heterocycles. The van der Waals surface area contributed by atoms with Crippen molar-refractivity contribution in [3.63, 3.8) is 0 Å². The van der Waals surface area contributed by atoms with Gasteiger partial charge in [-0.05, 0) is 103 Å². The highest BCUT2D eigenvalue weighted by atomic mass is 16.3. The molecule has 0 spiro atoms.